The van der Waals surface area contributed by atoms with Gasteiger partial charge in [0.1, 0.15) is 5.82 Å². The molecule has 0 fully saturated rings. The molecule has 1 aromatic heterocycles. The third-order valence-corrected chi connectivity index (χ3v) is 2.89. The van der Waals surface area contributed by atoms with Crippen LogP contribution in [0.1, 0.15) is 45.2 Å². The molecule has 1 heterocycles. The molecule has 0 radical (unpaired) electrons. The van der Waals surface area contributed by atoms with Gasteiger partial charge in [-0.05, 0) is 20.3 Å². The van der Waals surface area contributed by atoms with Crippen LogP contribution in [0.4, 0.5) is 11.5 Å². The SMILES string of the molecule is CCCCCC(C)Nc1c(N)c(C)nn1C. The number of hydrogen-bond acceptors (Lipinski definition) is 3. The first-order valence-corrected chi connectivity index (χ1v) is 6.11. The Morgan fingerprint density at radius 2 is 2.12 bits per heavy atom. The first-order chi connectivity index (χ1) is 7.56. The summed E-state index contributed by atoms with van der Waals surface area (Å²) in [5.74, 6) is 0.946. The topological polar surface area (TPSA) is 55.9 Å². The predicted octanol–water partition coefficient (Wildman–Crippen LogP) is 2.69. The van der Waals surface area contributed by atoms with E-state index >= 15 is 0 Å². The Balaban J connectivity index is 2.52. The highest BCUT2D eigenvalue weighted by atomic mass is 15.3. The van der Waals surface area contributed by atoms with E-state index in [1.54, 1.807) is 0 Å². The lowest BCUT2D eigenvalue weighted by atomic mass is 10.1. The molecule has 16 heavy (non-hydrogen) atoms. The highest BCUT2D eigenvalue weighted by molar-refractivity contribution is 5.64. The van der Waals surface area contributed by atoms with Crippen LogP contribution in [-0.4, -0.2) is 15.8 Å². The van der Waals surface area contributed by atoms with Gasteiger partial charge in [-0.15, -0.1) is 0 Å². The second-order valence-corrected chi connectivity index (χ2v) is 4.51. The van der Waals surface area contributed by atoms with E-state index in [1.165, 1.54) is 25.7 Å². The fourth-order valence-corrected chi connectivity index (χ4v) is 1.85. The van der Waals surface area contributed by atoms with Crippen molar-refractivity contribution in [3.05, 3.63) is 5.69 Å². The van der Waals surface area contributed by atoms with E-state index < -0.39 is 0 Å². The molecule has 0 saturated carbocycles. The van der Waals surface area contributed by atoms with Crippen molar-refractivity contribution in [2.75, 3.05) is 11.1 Å². The lowest BCUT2D eigenvalue weighted by molar-refractivity contribution is 0.608. The molecule has 0 amide bonds. The number of nitrogens with two attached hydrogens (primary N) is 1. The van der Waals surface area contributed by atoms with Gasteiger partial charge in [0.15, 0.2) is 0 Å². The van der Waals surface area contributed by atoms with Crippen molar-refractivity contribution in [2.45, 2.75) is 52.5 Å². The quantitative estimate of drug-likeness (QED) is 0.730. The van der Waals surface area contributed by atoms with Gasteiger partial charge in [0.2, 0.25) is 0 Å². The molecule has 1 aromatic rings. The number of anilines is 2. The summed E-state index contributed by atoms with van der Waals surface area (Å²) in [5, 5.41) is 7.72. The normalized spacial score (nSPS) is 12.8. The van der Waals surface area contributed by atoms with Crippen molar-refractivity contribution in [1.29, 1.82) is 0 Å². The minimum absolute atomic E-state index is 0.448. The number of unbranched alkanes of at least 4 members (excludes halogenated alkanes) is 2. The molecule has 0 aliphatic carbocycles. The van der Waals surface area contributed by atoms with Gasteiger partial charge >= 0.3 is 0 Å². The summed E-state index contributed by atoms with van der Waals surface area (Å²) in [5.41, 5.74) is 7.62. The van der Waals surface area contributed by atoms with Crippen LogP contribution in [0.3, 0.4) is 0 Å². The summed E-state index contributed by atoms with van der Waals surface area (Å²) in [6.45, 7) is 6.35. The number of hydrogen-bond donors (Lipinski definition) is 2. The molecule has 0 bridgehead atoms. The largest absolute Gasteiger partial charge is 0.394 e. The number of aromatic nitrogens is 2. The van der Waals surface area contributed by atoms with Crippen LogP contribution in [0.2, 0.25) is 0 Å². The Morgan fingerprint density at radius 3 is 2.62 bits per heavy atom. The number of nitrogens with zero attached hydrogens (tertiary/aromatic N) is 2. The van der Waals surface area contributed by atoms with Gasteiger partial charge in [0.25, 0.3) is 0 Å². The van der Waals surface area contributed by atoms with E-state index in [4.69, 9.17) is 5.73 Å². The maximum absolute atomic E-state index is 5.96. The molecular weight excluding hydrogens is 200 g/mol. The molecule has 1 unspecified atom stereocenters. The van der Waals surface area contributed by atoms with E-state index in [1.807, 2.05) is 18.7 Å². The summed E-state index contributed by atoms with van der Waals surface area (Å²) in [6, 6.07) is 0.448. The van der Waals surface area contributed by atoms with E-state index in [9.17, 15) is 0 Å². The van der Waals surface area contributed by atoms with Gasteiger partial charge in [0, 0.05) is 13.1 Å². The van der Waals surface area contributed by atoms with E-state index in [0.29, 0.717) is 6.04 Å². The Kier molecular flexibility index (Phi) is 4.65. The number of aryl methyl sites for hydroxylation is 2. The molecule has 1 rings (SSSR count). The molecule has 0 spiro atoms. The van der Waals surface area contributed by atoms with E-state index in [2.05, 4.69) is 24.3 Å². The molecule has 3 N–H and O–H groups in total. The maximum atomic E-state index is 5.96. The van der Waals surface area contributed by atoms with Crippen LogP contribution in [0.25, 0.3) is 0 Å². The standard InChI is InChI=1S/C12H24N4/c1-5-6-7-8-9(2)14-12-11(13)10(3)15-16(12)4/h9,14H,5-8,13H2,1-4H3. The van der Waals surface area contributed by atoms with Crippen LogP contribution >= 0.6 is 0 Å². The lowest BCUT2D eigenvalue weighted by Crippen LogP contribution is -2.18. The van der Waals surface area contributed by atoms with Crippen molar-refractivity contribution in [3.63, 3.8) is 0 Å². The number of rotatable bonds is 6. The molecule has 4 heteroatoms. The molecule has 92 valence electrons. The fourth-order valence-electron chi connectivity index (χ4n) is 1.85. The van der Waals surface area contributed by atoms with Gasteiger partial charge in [-0.2, -0.15) is 5.10 Å². The van der Waals surface area contributed by atoms with Crippen LogP contribution < -0.4 is 11.1 Å². The zero-order chi connectivity index (χ0) is 12.1. The second-order valence-electron chi connectivity index (χ2n) is 4.51. The third kappa shape index (κ3) is 3.15. The van der Waals surface area contributed by atoms with Crippen LogP contribution in [0, 0.1) is 6.92 Å². The van der Waals surface area contributed by atoms with Gasteiger partial charge < -0.3 is 11.1 Å². The zero-order valence-electron chi connectivity index (χ0n) is 10.9. The monoisotopic (exact) mass is 224 g/mol. The van der Waals surface area contributed by atoms with Gasteiger partial charge in [-0.25, -0.2) is 0 Å². The van der Waals surface area contributed by atoms with Crippen molar-refractivity contribution < 1.29 is 0 Å². The fraction of sp³-hybridized carbons (Fsp3) is 0.750. The number of nitrogens with one attached hydrogen (secondary N) is 1. The highest BCUT2D eigenvalue weighted by Crippen LogP contribution is 2.22. The molecular formula is C12H24N4. The average Bonchev–Trinajstić information content (AvgIpc) is 2.46. The van der Waals surface area contributed by atoms with Crippen LogP contribution in [-0.2, 0) is 7.05 Å². The van der Waals surface area contributed by atoms with Crippen LogP contribution in [0.5, 0.6) is 0 Å². The van der Waals surface area contributed by atoms with Crippen molar-refractivity contribution in [3.8, 4) is 0 Å². The molecule has 0 aromatic carbocycles. The highest BCUT2D eigenvalue weighted by Gasteiger charge is 2.11. The Bertz CT molecular complexity index is 330. The van der Waals surface area contributed by atoms with Crippen LogP contribution in [0.15, 0.2) is 0 Å². The first-order valence-electron chi connectivity index (χ1n) is 6.11. The zero-order valence-corrected chi connectivity index (χ0v) is 10.9. The molecule has 0 saturated heterocycles. The van der Waals surface area contributed by atoms with Crippen molar-refractivity contribution in [1.82, 2.24) is 9.78 Å². The summed E-state index contributed by atoms with van der Waals surface area (Å²) >= 11 is 0. The summed E-state index contributed by atoms with van der Waals surface area (Å²) in [4.78, 5) is 0. The second kappa shape index (κ2) is 5.77. The first kappa shape index (κ1) is 12.9. The summed E-state index contributed by atoms with van der Waals surface area (Å²) in [7, 11) is 1.92. The Labute approximate surface area is 98.2 Å². The third-order valence-electron chi connectivity index (χ3n) is 2.89. The molecule has 0 aliphatic rings. The van der Waals surface area contributed by atoms with Gasteiger partial charge in [-0.1, -0.05) is 26.2 Å². The van der Waals surface area contributed by atoms with Crippen molar-refractivity contribution >= 4 is 11.5 Å². The summed E-state index contributed by atoms with van der Waals surface area (Å²) in [6.07, 6.45) is 5.00. The lowest BCUT2D eigenvalue weighted by Gasteiger charge is -2.15. The maximum Gasteiger partial charge on any atom is 0.147 e. The molecule has 4 nitrogen and oxygen atoms in total. The van der Waals surface area contributed by atoms with Gasteiger partial charge in [0.05, 0.1) is 11.4 Å². The Hall–Kier alpha value is -1.19. The average molecular weight is 224 g/mol. The molecule has 0 aliphatic heterocycles. The summed E-state index contributed by atoms with van der Waals surface area (Å²) < 4.78 is 1.82. The van der Waals surface area contributed by atoms with E-state index in [0.717, 1.165) is 17.2 Å². The van der Waals surface area contributed by atoms with Gasteiger partial charge in [-0.3, -0.25) is 4.68 Å². The molecule has 1 atom stereocenters. The Morgan fingerprint density at radius 1 is 1.44 bits per heavy atom. The van der Waals surface area contributed by atoms with Crippen molar-refractivity contribution in [2.24, 2.45) is 7.05 Å². The predicted molar refractivity (Wildman–Crippen MR) is 69.6 cm³/mol. The minimum atomic E-state index is 0.448. The number of nitrogen functional groups attached to an aromatic ring is 1. The minimum Gasteiger partial charge on any atom is -0.394 e. The smallest absolute Gasteiger partial charge is 0.147 e. The van der Waals surface area contributed by atoms with E-state index in [-0.39, 0.29) is 0 Å².